The second kappa shape index (κ2) is 9.93. The highest BCUT2D eigenvalue weighted by Gasteiger charge is 2.08. The molecule has 0 fully saturated rings. The highest BCUT2D eigenvalue weighted by Crippen LogP contribution is 2.27. The summed E-state index contributed by atoms with van der Waals surface area (Å²) in [6.07, 6.45) is 0. The quantitative estimate of drug-likeness (QED) is 0.597. The number of carbonyl (C=O) groups excluding carboxylic acids is 1. The third-order valence-electron chi connectivity index (χ3n) is 4.33. The number of ether oxygens (including phenoxy) is 2. The number of aromatic nitrogens is 2. The van der Waals surface area contributed by atoms with E-state index in [1.807, 2.05) is 31.2 Å². The van der Waals surface area contributed by atoms with Gasteiger partial charge in [0.25, 0.3) is 11.5 Å². The fraction of sp³-hybridized carbons (Fsp3) is 0.227. The molecule has 0 aliphatic rings. The molecule has 0 saturated carbocycles. The summed E-state index contributed by atoms with van der Waals surface area (Å²) in [5.41, 5.74) is 2.27. The van der Waals surface area contributed by atoms with Gasteiger partial charge in [-0.25, -0.2) is 4.68 Å². The van der Waals surface area contributed by atoms with Gasteiger partial charge in [0.1, 0.15) is 0 Å². The van der Waals surface area contributed by atoms with Crippen molar-refractivity contribution in [2.75, 3.05) is 20.3 Å². The minimum absolute atomic E-state index is 0.160. The van der Waals surface area contributed by atoms with E-state index < -0.39 is 0 Å². The fourth-order valence-corrected chi connectivity index (χ4v) is 2.90. The Morgan fingerprint density at radius 3 is 2.60 bits per heavy atom. The molecule has 0 saturated heterocycles. The summed E-state index contributed by atoms with van der Waals surface area (Å²) in [7, 11) is 1.55. The summed E-state index contributed by atoms with van der Waals surface area (Å²) in [5, 5.41) is 7.70. The number of aryl methyl sites for hydroxylation is 1. The molecule has 0 aliphatic heterocycles. The molecular weight excluding hydrogens is 406 g/mol. The summed E-state index contributed by atoms with van der Waals surface area (Å²) in [4.78, 5) is 24.2. The number of halogens is 1. The van der Waals surface area contributed by atoms with Crippen LogP contribution < -0.4 is 20.3 Å². The molecule has 1 N–H and O–H groups in total. The zero-order valence-electron chi connectivity index (χ0n) is 16.7. The van der Waals surface area contributed by atoms with E-state index in [0.717, 1.165) is 11.1 Å². The number of carbonyl (C=O) groups is 1. The normalized spacial score (nSPS) is 10.5. The first-order chi connectivity index (χ1) is 14.5. The molecule has 0 atom stereocenters. The minimum atomic E-state index is -0.306. The number of benzene rings is 2. The number of nitrogens with zero attached hydrogens (tertiary/aromatic N) is 2. The third kappa shape index (κ3) is 5.61. The van der Waals surface area contributed by atoms with Gasteiger partial charge in [-0.3, -0.25) is 9.59 Å². The van der Waals surface area contributed by atoms with Crippen LogP contribution in [0.2, 0.25) is 5.02 Å². The van der Waals surface area contributed by atoms with Crippen LogP contribution in [0, 0.1) is 6.92 Å². The number of hydrogen-bond donors (Lipinski definition) is 1. The average Bonchev–Trinajstić information content (AvgIpc) is 2.74. The largest absolute Gasteiger partial charge is 0.493 e. The molecule has 0 spiro atoms. The van der Waals surface area contributed by atoms with Gasteiger partial charge >= 0.3 is 0 Å². The summed E-state index contributed by atoms with van der Waals surface area (Å²) in [6, 6.07) is 15.8. The van der Waals surface area contributed by atoms with Gasteiger partial charge in [-0.1, -0.05) is 29.8 Å². The second-order valence-corrected chi connectivity index (χ2v) is 7.02. The van der Waals surface area contributed by atoms with Crippen molar-refractivity contribution in [2.24, 2.45) is 0 Å². The van der Waals surface area contributed by atoms with E-state index in [1.165, 1.54) is 10.7 Å². The van der Waals surface area contributed by atoms with Gasteiger partial charge in [-0.15, -0.1) is 0 Å². The lowest BCUT2D eigenvalue weighted by molar-refractivity contribution is -0.123. The third-order valence-corrected chi connectivity index (χ3v) is 4.58. The Morgan fingerprint density at radius 1 is 1.10 bits per heavy atom. The Bertz CT molecular complexity index is 1080. The van der Waals surface area contributed by atoms with Crippen molar-refractivity contribution in [1.82, 2.24) is 15.1 Å². The first-order valence-corrected chi connectivity index (χ1v) is 9.72. The van der Waals surface area contributed by atoms with Gasteiger partial charge < -0.3 is 14.8 Å². The first kappa shape index (κ1) is 21.4. The number of amides is 1. The van der Waals surface area contributed by atoms with Crippen molar-refractivity contribution >= 4 is 17.5 Å². The zero-order chi connectivity index (χ0) is 21.5. The first-order valence-electron chi connectivity index (χ1n) is 9.34. The van der Waals surface area contributed by atoms with Gasteiger partial charge in [-0.05, 0) is 42.8 Å². The summed E-state index contributed by atoms with van der Waals surface area (Å²) >= 11 is 5.91. The number of rotatable bonds is 8. The van der Waals surface area contributed by atoms with Crippen LogP contribution in [-0.2, 0) is 11.3 Å². The van der Waals surface area contributed by atoms with Crippen molar-refractivity contribution < 1.29 is 14.3 Å². The van der Waals surface area contributed by atoms with Crippen molar-refractivity contribution in [3.63, 3.8) is 0 Å². The lowest BCUT2D eigenvalue weighted by Crippen LogP contribution is -2.34. The number of nitrogens with one attached hydrogen (secondary N) is 1. The van der Waals surface area contributed by atoms with Gasteiger partial charge in [0.05, 0.1) is 19.3 Å². The smallest absolute Gasteiger partial charge is 0.266 e. The van der Waals surface area contributed by atoms with E-state index in [-0.39, 0.29) is 31.2 Å². The van der Waals surface area contributed by atoms with Crippen LogP contribution in [-0.4, -0.2) is 35.9 Å². The summed E-state index contributed by atoms with van der Waals surface area (Å²) < 4.78 is 12.1. The molecule has 0 unspecified atom stereocenters. The van der Waals surface area contributed by atoms with Crippen LogP contribution in [0.25, 0.3) is 11.3 Å². The molecule has 3 rings (SSSR count). The van der Waals surface area contributed by atoms with Crippen molar-refractivity contribution in [1.29, 1.82) is 0 Å². The molecule has 30 heavy (non-hydrogen) atoms. The second-order valence-electron chi connectivity index (χ2n) is 6.58. The Balaban J connectivity index is 1.54. The SMILES string of the molecule is COc1cc(C)ccc1OCC(=O)NCCn1nc(-c2ccc(Cl)cc2)ccc1=O. The van der Waals surface area contributed by atoms with Crippen LogP contribution in [0.4, 0.5) is 0 Å². The van der Waals surface area contributed by atoms with E-state index >= 15 is 0 Å². The molecule has 3 aromatic rings. The van der Waals surface area contributed by atoms with Gasteiger partial charge in [0.2, 0.25) is 0 Å². The van der Waals surface area contributed by atoms with Crippen molar-refractivity contribution in [3.8, 4) is 22.8 Å². The Hall–Kier alpha value is -3.32. The molecule has 1 amide bonds. The monoisotopic (exact) mass is 427 g/mol. The lowest BCUT2D eigenvalue weighted by Gasteiger charge is -2.12. The van der Waals surface area contributed by atoms with Crippen molar-refractivity contribution in [3.05, 3.63) is 75.5 Å². The molecular formula is C22H22ClN3O4. The van der Waals surface area contributed by atoms with Gasteiger partial charge in [-0.2, -0.15) is 5.10 Å². The summed E-state index contributed by atoms with van der Waals surface area (Å²) in [5.74, 6) is 0.754. The van der Waals surface area contributed by atoms with E-state index in [9.17, 15) is 9.59 Å². The average molecular weight is 428 g/mol. The Morgan fingerprint density at radius 2 is 1.87 bits per heavy atom. The minimum Gasteiger partial charge on any atom is -0.493 e. The van der Waals surface area contributed by atoms with Gasteiger partial charge in [0, 0.05) is 23.2 Å². The summed E-state index contributed by atoms with van der Waals surface area (Å²) in [6.45, 7) is 2.26. The van der Waals surface area contributed by atoms with Crippen LogP contribution in [0.15, 0.2) is 59.4 Å². The molecule has 2 aromatic carbocycles. The predicted molar refractivity (Wildman–Crippen MR) is 115 cm³/mol. The maximum Gasteiger partial charge on any atom is 0.266 e. The molecule has 1 heterocycles. The molecule has 1 aromatic heterocycles. The van der Waals surface area contributed by atoms with Crippen LogP contribution in [0.1, 0.15) is 5.56 Å². The molecule has 0 radical (unpaired) electrons. The highest BCUT2D eigenvalue weighted by molar-refractivity contribution is 6.30. The molecule has 0 bridgehead atoms. The molecule has 0 aliphatic carbocycles. The molecule has 156 valence electrons. The molecule has 8 heteroatoms. The van der Waals surface area contributed by atoms with Crippen molar-refractivity contribution in [2.45, 2.75) is 13.5 Å². The lowest BCUT2D eigenvalue weighted by atomic mass is 10.1. The van der Waals surface area contributed by atoms with E-state index in [2.05, 4.69) is 10.4 Å². The molecule has 7 nitrogen and oxygen atoms in total. The van der Waals surface area contributed by atoms with E-state index in [1.54, 1.807) is 31.4 Å². The predicted octanol–water partition coefficient (Wildman–Crippen LogP) is 3.08. The highest BCUT2D eigenvalue weighted by atomic mass is 35.5. The van der Waals surface area contributed by atoms with E-state index in [4.69, 9.17) is 21.1 Å². The van der Waals surface area contributed by atoms with E-state index in [0.29, 0.717) is 22.2 Å². The van der Waals surface area contributed by atoms with Crippen LogP contribution in [0.5, 0.6) is 11.5 Å². The van der Waals surface area contributed by atoms with Crippen LogP contribution >= 0.6 is 11.6 Å². The standard InChI is InChI=1S/C22H22ClN3O4/c1-15-3-9-19(20(13-15)29-2)30-14-21(27)24-11-12-26-22(28)10-8-18(25-26)16-4-6-17(23)7-5-16/h3-10,13H,11-12,14H2,1-2H3,(H,24,27). The van der Waals surface area contributed by atoms with Crippen LogP contribution in [0.3, 0.4) is 0 Å². The topological polar surface area (TPSA) is 82.4 Å². The van der Waals surface area contributed by atoms with Gasteiger partial charge in [0.15, 0.2) is 18.1 Å². The maximum atomic E-state index is 12.1. The maximum absolute atomic E-state index is 12.1. The Labute approximate surface area is 179 Å². The Kier molecular flexibility index (Phi) is 7.08. The zero-order valence-corrected chi connectivity index (χ0v) is 17.5. The number of hydrogen-bond acceptors (Lipinski definition) is 5. The fourth-order valence-electron chi connectivity index (χ4n) is 2.77. The number of methoxy groups -OCH3 is 1.